The zero-order valence-electron chi connectivity index (χ0n) is 15.4. The van der Waals surface area contributed by atoms with Crippen molar-refractivity contribution in [3.05, 3.63) is 41.7 Å². The molecule has 0 aliphatic carbocycles. The molecule has 1 aliphatic heterocycles. The summed E-state index contributed by atoms with van der Waals surface area (Å²) >= 11 is 0. The van der Waals surface area contributed by atoms with Gasteiger partial charge in [0.2, 0.25) is 11.7 Å². The van der Waals surface area contributed by atoms with Crippen molar-refractivity contribution in [1.29, 1.82) is 0 Å². The molecule has 9 heteroatoms. The number of ketones is 1. The lowest BCUT2D eigenvalue weighted by molar-refractivity contribution is -0.118. The largest absolute Gasteiger partial charge is 0.493 e. The molecule has 2 aromatic carbocycles. The molecule has 2 aromatic rings. The van der Waals surface area contributed by atoms with E-state index in [0.29, 0.717) is 0 Å². The van der Waals surface area contributed by atoms with E-state index in [4.69, 9.17) is 14.2 Å². The lowest BCUT2D eigenvalue weighted by atomic mass is 10.1. The van der Waals surface area contributed by atoms with Crippen molar-refractivity contribution in [1.82, 2.24) is 0 Å². The number of ether oxygens (including phenoxy) is 3. The summed E-state index contributed by atoms with van der Waals surface area (Å²) in [5.74, 6) is -2.63. The van der Waals surface area contributed by atoms with Gasteiger partial charge in [-0.15, -0.1) is 0 Å². The van der Waals surface area contributed by atoms with Crippen molar-refractivity contribution in [2.45, 2.75) is 0 Å². The average Bonchev–Trinajstić information content (AvgIpc) is 2.92. The van der Waals surface area contributed by atoms with Crippen molar-refractivity contribution in [3.8, 4) is 17.2 Å². The number of methoxy groups -OCH3 is 3. The Labute approximate surface area is 159 Å². The van der Waals surface area contributed by atoms with Crippen molar-refractivity contribution in [2.75, 3.05) is 38.1 Å². The second kappa shape index (κ2) is 7.55. The molecule has 146 valence electrons. The van der Waals surface area contributed by atoms with E-state index >= 15 is 0 Å². The number of anilines is 2. The summed E-state index contributed by atoms with van der Waals surface area (Å²) in [7, 11) is 4.08. The molecule has 0 fully saturated rings. The summed E-state index contributed by atoms with van der Waals surface area (Å²) in [5, 5.41) is 2.38. The minimum atomic E-state index is -0.910. The van der Waals surface area contributed by atoms with Crippen LogP contribution in [0.4, 0.5) is 15.8 Å². The molecule has 0 saturated heterocycles. The minimum Gasteiger partial charge on any atom is -0.493 e. The molecule has 0 radical (unpaired) electrons. The number of nitrogens with zero attached hydrogens (tertiary/aromatic N) is 1. The Balaban J connectivity index is 1.97. The predicted molar refractivity (Wildman–Crippen MR) is 97.8 cm³/mol. The van der Waals surface area contributed by atoms with Crippen molar-refractivity contribution < 1.29 is 33.0 Å². The third kappa shape index (κ3) is 3.11. The minimum absolute atomic E-state index is 0.0242. The van der Waals surface area contributed by atoms with Crippen LogP contribution in [-0.2, 0) is 9.59 Å². The van der Waals surface area contributed by atoms with E-state index in [2.05, 4.69) is 5.32 Å². The van der Waals surface area contributed by atoms with Crippen LogP contribution in [0.1, 0.15) is 10.4 Å². The molecule has 1 N–H and O–H groups in total. The molecule has 0 spiro atoms. The van der Waals surface area contributed by atoms with Gasteiger partial charge in [-0.05, 0) is 12.1 Å². The Morgan fingerprint density at radius 1 is 1.07 bits per heavy atom. The van der Waals surface area contributed by atoms with Crippen LogP contribution in [0.3, 0.4) is 0 Å². The molecule has 0 aromatic heterocycles. The molecular weight excluding hydrogens is 371 g/mol. The fourth-order valence-electron chi connectivity index (χ4n) is 2.97. The SMILES string of the molecule is COc1cc2c(c(OC)c1OC)C(=O)C(=O)N2CC(=O)Nc1ccccc1F. The number of para-hydroxylation sites is 1. The van der Waals surface area contributed by atoms with E-state index in [9.17, 15) is 18.8 Å². The zero-order chi connectivity index (χ0) is 20.4. The van der Waals surface area contributed by atoms with Crippen molar-refractivity contribution in [3.63, 3.8) is 0 Å². The van der Waals surface area contributed by atoms with Gasteiger partial charge in [-0.2, -0.15) is 0 Å². The number of amides is 2. The fraction of sp³-hybridized carbons (Fsp3) is 0.211. The summed E-state index contributed by atoms with van der Waals surface area (Å²) in [6.07, 6.45) is 0. The lowest BCUT2D eigenvalue weighted by Gasteiger charge is -2.19. The van der Waals surface area contributed by atoms with Gasteiger partial charge in [0.1, 0.15) is 12.4 Å². The zero-order valence-corrected chi connectivity index (χ0v) is 15.4. The van der Waals surface area contributed by atoms with Crippen LogP contribution in [-0.4, -0.2) is 45.5 Å². The molecule has 1 aliphatic rings. The van der Waals surface area contributed by atoms with E-state index < -0.39 is 30.0 Å². The monoisotopic (exact) mass is 388 g/mol. The van der Waals surface area contributed by atoms with Crippen LogP contribution < -0.4 is 24.4 Å². The quantitative estimate of drug-likeness (QED) is 0.761. The second-order valence-corrected chi connectivity index (χ2v) is 5.79. The summed E-state index contributed by atoms with van der Waals surface area (Å²) in [4.78, 5) is 38.3. The van der Waals surface area contributed by atoms with Gasteiger partial charge < -0.3 is 19.5 Å². The van der Waals surface area contributed by atoms with Crippen LogP contribution in [0.2, 0.25) is 0 Å². The Hall–Kier alpha value is -3.62. The molecule has 2 amide bonds. The number of carbonyl (C=O) groups excluding carboxylic acids is 3. The van der Waals surface area contributed by atoms with Crippen LogP contribution in [0.15, 0.2) is 30.3 Å². The molecule has 0 saturated carbocycles. The maximum atomic E-state index is 13.7. The number of Topliss-reactive ketones (excluding diaryl/α,β-unsaturated/α-hetero) is 1. The highest BCUT2D eigenvalue weighted by atomic mass is 19.1. The number of hydrogen-bond donors (Lipinski definition) is 1. The second-order valence-electron chi connectivity index (χ2n) is 5.79. The number of fused-ring (bicyclic) bond motifs is 1. The van der Waals surface area contributed by atoms with Gasteiger partial charge >= 0.3 is 0 Å². The maximum Gasteiger partial charge on any atom is 0.300 e. The Morgan fingerprint density at radius 2 is 1.75 bits per heavy atom. The van der Waals surface area contributed by atoms with Gasteiger partial charge in [0.05, 0.1) is 38.3 Å². The van der Waals surface area contributed by atoms with E-state index in [0.717, 1.165) is 4.90 Å². The number of hydrogen-bond acceptors (Lipinski definition) is 6. The van der Waals surface area contributed by atoms with Gasteiger partial charge in [0.25, 0.3) is 11.7 Å². The van der Waals surface area contributed by atoms with E-state index in [1.165, 1.54) is 45.6 Å². The molecule has 0 atom stereocenters. The molecule has 28 heavy (non-hydrogen) atoms. The highest BCUT2D eigenvalue weighted by Gasteiger charge is 2.42. The van der Waals surface area contributed by atoms with Gasteiger partial charge in [-0.25, -0.2) is 4.39 Å². The van der Waals surface area contributed by atoms with Crippen LogP contribution in [0.5, 0.6) is 17.2 Å². The first kappa shape index (κ1) is 19.2. The van der Waals surface area contributed by atoms with Gasteiger partial charge in [0.15, 0.2) is 11.5 Å². The van der Waals surface area contributed by atoms with Crippen molar-refractivity contribution in [2.24, 2.45) is 0 Å². The first-order chi connectivity index (χ1) is 13.4. The number of benzene rings is 2. The summed E-state index contributed by atoms with van der Waals surface area (Å²) < 4.78 is 29.4. The Bertz CT molecular complexity index is 975. The maximum absolute atomic E-state index is 13.7. The van der Waals surface area contributed by atoms with Gasteiger partial charge in [-0.3, -0.25) is 19.3 Å². The highest BCUT2D eigenvalue weighted by Crippen LogP contribution is 2.47. The normalized spacial score (nSPS) is 12.6. The van der Waals surface area contributed by atoms with Gasteiger partial charge in [-0.1, -0.05) is 12.1 Å². The molecule has 0 bridgehead atoms. The summed E-state index contributed by atoms with van der Waals surface area (Å²) in [5.41, 5.74) is 0.0904. The lowest BCUT2D eigenvalue weighted by Crippen LogP contribution is -2.37. The number of nitrogens with one attached hydrogen (secondary N) is 1. The highest BCUT2D eigenvalue weighted by molar-refractivity contribution is 6.53. The van der Waals surface area contributed by atoms with E-state index in [1.807, 2.05) is 0 Å². The summed E-state index contributed by atoms with van der Waals surface area (Å²) in [6, 6.07) is 7.03. The van der Waals surface area contributed by atoms with Crippen LogP contribution >= 0.6 is 0 Å². The first-order valence-corrected chi connectivity index (χ1v) is 8.16. The topological polar surface area (TPSA) is 94.2 Å². The third-order valence-electron chi connectivity index (χ3n) is 4.22. The Kier molecular flexibility index (Phi) is 5.16. The number of carbonyl (C=O) groups is 3. The third-order valence-corrected chi connectivity index (χ3v) is 4.22. The predicted octanol–water partition coefficient (Wildman–Crippen LogP) is 2.02. The van der Waals surface area contributed by atoms with E-state index in [1.54, 1.807) is 6.07 Å². The summed E-state index contributed by atoms with van der Waals surface area (Å²) in [6.45, 7) is -0.495. The molecule has 1 heterocycles. The van der Waals surface area contributed by atoms with Crippen LogP contribution in [0.25, 0.3) is 0 Å². The molecule has 3 rings (SSSR count). The molecular formula is C19H17FN2O6. The van der Waals surface area contributed by atoms with Crippen LogP contribution in [0, 0.1) is 5.82 Å². The Morgan fingerprint density at radius 3 is 2.36 bits per heavy atom. The fourth-order valence-corrected chi connectivity index (χ4v) is 2.97. The molecule has 8 nitrogen and oxygen atoms in total. The van der Waals surface area contributed by atoms with Crippen molar-refractivity contribution >= 4 is 29.0 Å². The smallest absolute Gasteiger partial charge is 0.300 e. The van der Waals surface area contributed by atoms with Gasteiger partial charge in [0, 0.05) is 6.07 Å². The number of halogens is 1. The average molecular weight is 388 g/mol. The first-order valence-electron chi connectivity index (χ1n) is 8.16. The van der Waals surface area contributed by atoms with E-state index in [-0.39, 0.29) is 34.2 Å². The standard InChI is InChI=1S/C19H17FN2O6/c1-26-13-8-12-15(18(28-3)17(13)27-2)16(24)19(25)22(12)9-14(23)21-11-7-5-4-6-10(11)20/h4-8H,9H2,1-3H3,(H,21,23). The number of rotatable bonds is 6. The molecule has 0 unspecified atom stereocenters.